The van der Waals surface area contributed by atoms with Gasteiger partial charge < -0.3 is 14.4 Å². The Morgan fingerprint density at radius 2 is 1.74 bits per heavy atom. The zero-order valence-electron chi connectivity index (χ0n) is 16.0. The lowest BCUT2D eigenvalue weighted by Gasteiger charge is -2.43. The quantitative estimate of drug-likeness (QED) is 0.683. The van der Waals surface area contributed by atoms with E-state index >= 15 is 0 Å². The Hall–Kier alpha value is -2.04. The molecule has 1 aliphatic rings. The molecule has 0 bridgehead atoms. The Morgan fingerprint density at radius 1 is 1.11 bits per heavy atom. The van der Waals surface area contributed by atoms with Gasteiger partial charge in [-0.05, 0) is 44.0 Å². The number of hydrogen-bond donors (Lipinski definition) is 0. The van der Waals surface area contributed by atoms with E-state index in [2.05, 4.69) is 0 Å². The molecule has 0 aromatic heterocycles. The minimum absolute atomic E-state index is 0.0961. The third-order valence-corrected chi connectivity index (χ3v) is 4.71. The van der Waals surface area contributed by atoms with Gasteiger partial charge in [0.25, 0.3) is 0 Å². The SMILES string of the molecule is CC(C)(C)OC(=O)N1CC(C(OCc2ccccc2)c2ccc(Cl)cc2)C1. The van der Waals surface area contributed by atoms with Crippen LogP contribution in [-0.2, 0) is 16.1 Å². The molecule has 4 nitrogen and oxygen atoms in total. The summed E-state index contributed by atoms with van der Waals surface area (Å²) in [7, 11) is 0. The fraction of sp³-hybridized carbons (Fsp3) is 0.409. The maximum absolute atomic E-state index is 12.2. The molecule has 0 spiro atoms. The third kappa shape index (κ3) is 5.47. The second kappa shape index (κ2) is 8.32. The standard InChI is InChI=1S/C22H26ClNO3/c1-22(2,3)27-21(25)24-13-18(14-24)20(17-9-11-19(23)12-10-17)26-15-16-7-5-4-6-8-16/h4-12,18,20H,13-15H2,1-3H3. The molecule has 2 aromatic carbocycles. The van der Waals surface area contributed by atoms with E-state index in [0.29, 0.717) is 24.7 Å². The van der Waals surface area contributed by atoms with Gasteiger partial charge in [0, 0.05) is 24.0 Å². The number of benzene rings is 2. The van der Waals surface area contributed by atoms with Gasteiger partial charge in [-0.2, -0.15) is 0 Å². The summed E-state index contributed by atoms with van der Waals surface area (Å²) in [6, 6.07) is 17.8. The summed E-state index contributed by atoms with van der Waals surface area (Å²) in [6.07, 6.45) is -0.363. The van der Waals surface area contributed by atoms with Crippen LogP contribution in [0.25, 0.3) is 0 Å². The van der Waals surface area contributed by atoms with Crippen molar-refractivity contribution in [2.24, 2.45) is 5.92 Å². The average Bonchev–Trinajstić information content (AvgIpc) is 2.57. The molecule has 0 radical (unpaired) electrons. The Morgan fingerprint density at radius 3 is 2.33 bits per heavy atom. The first kappa shape index (κ1) is 19.7. The Bertz CT molecular complexity index is 749. The van der Waals surface area contributed by atoms with Gasteiger partial charge in [0.1, 0.15) is 5.60 Å². The second-order valence-electron chi connectivity index (χ2n) is 7.91. The van der Waals surface area contributed by atoms with Crippen molar-refractivity contribution in [1.29, 1.82) is 0 Å². The molecule has 0 aliphatic carbocycles. The van der Waals surface area contributed by atoms with E-state index in [1.807, 2.05) is 75.4 Å². The molecule has 144 valence electrons. The first-order valence-corrected chi connectivity index (χ1v) is 9.58. The van der Waals surface area contributed by atoms with Gasteiger partial charge in [-0.1, -0.05) is 54.1 Å². The Labute approximate surface area is 166 Å². The highest BCUT2D eigenvalue weighted by Crippen LogP contribution is 2.35. The Balaban J connectivity index is 1.66. The fourth-order valence-electron chi connectivity index (χ4n) is 3.10. The normalized spacial score (nSPS) is 15.9. The van der Waals surface area contributed by atoms with Gasteiger partial charge in [0.15, 0.2) is 0 Å². The summed E-state index contributed by atoms with van der Waals surface area (Å²) in [5, 5.41) is 0.699. The number of carbonyl (C=O) groups excluding carboxylic acids is 1. The maximum Gasteiger partial charge on any atom is 0.410 e. The maximum atomic E-state index is 12.2. The van der Waals surface area contributed by atoms with Gasteiger partial charge >= 0.3 is 6.09 Å². The van der Waals surface area contributed by atoms with E-state index in [0.717, 1.165) is 11.1 Å². The highest BCUT2D eigenvalue weighted by Gasteiger charge is 2.39. The molecule has 1 heterocycles. The third-order valence-electron chi connectivity index (χ3n) is 4.46. The second-order valence-corrected chi connectivity index (χ2v) is 8.35. The van der Waals surface area contributed by atoms with Crippen LogP contribution < -0.4 is 0 Å². The van der Waals surface area contributed by atoms with Crippen molar-refractivity contribution in [2.45, 2.75) is 39.1 Å². The summed E-state index contributed by atoms with van der Waals surface area (Å²) < 4.78 is 11.7. The van der Waals surface area contributed by atoms with E-state index in [1.165, 1.54) is 0 Å². The number of halogens is 1. The van der Waals surface area contributed by atoms with Gasteiger partial charge in [-0.3, -0.25) is 0 Å². The number of rotatable bonds is 5. The molecular weight excluding hydrogens is 362 g/mol. The number of amides is 1. The molecule has 0 saturated carbocycles. The van der Waals surface area contributed by atoms with E-state index < -0.39 is 5.60 Å². The van der Waals surface area contributed by atoms with E-state index in [4.69, 9.17) is 21.1 Å². The molecule has 2 aromatic rings. The lowest BCUT2D eigenvalue weighted by molar-refractivity contribution is -0.0652. The molecular formula is C22H26ClNO3. The van der Waals surface area contributed by atoms with Crippen LogP contribution in [0.1, 0.15) is 38.0 Å². The molecule has 3 rings (SSSR count). The molecule has 1 atom stereocenters. The van der Waals surface area contributed by atoms with Crippen molar-refractivity contribution < 1.29 is 14.3 Å². The number of hydrogen-bond acceptors (Lipinski definition) is 3. The fourth-order valence-corrected chi connectivity index (χ4v) is 3.22. The number of ether oxygens (including phenoxy) is 2. The van der Waals surface area contributed by atoms with Crippen LogP contribution in [0, 0.1) is 5.92 Å². The summed E-state index contributed by atoms with van der Waals surface area (Å²) in [6.45, 7) is 7.40. The van der Waals surface area contributed by atoms with Crippen LogP contribution in [0.15, 0.2) is 54.6 Å². The number of likely N-dealkylation sites (tertiary alicyclic amines) is 1. The number of carbonyl (C=O) groups is 1. The summed E-state index contributed by atoms with van der Waals surface area (Å²) in [4.78, 5) is 13.9. The molecule has 0 N–H and O–H groups in total. The van der Waals surface area contributed by atoms with Crippen LogP contribution in [-0.4, -0.2) is 29.7 Å². The molecule has 1 fully saturated rings. The topological polar surface area (TPSA) is 38.8 Å². The van der Waals surface area contributed by atoms with Crippen molar-refractivity contribution in [3.8, 4) is 0 Å². The predicted octanol–water partition coefficient (Wildman–Crippen LogP) is 5.46. The Kier molecular flexibility index (Phi) is 6.08. The van der Waals surface area contributed by atoms with Crippen LogP contribution in [0.3, 0.4) is 0 Å². The monoisotopic (exact) mass is 387 g/mol. The first-order valence-electron chi connectivity index (χ1n) is 9.21. The minimum atomic E-state index is -0.485. The largest absolute Gasteiger partial charge is 0.444 e. The molecule has 5 heteroatoms. The van der Waals surface area contributed by atoms with Crippen molar-refractivity contribution in [2.75, 3.05) is 13.1 Å². The smallest absolute Gasteiger partial charge is 0.410 e. The summed E-state index contributed by atoms with van der Waals surface area (Å²) in [5.74, 6) is 0.224. The average molecular weight is 388 g/mol. The van der Waals surface area contributed by atoms with Gasteiger partial charge in [-0.25, -0.2) is 4.79 Å². The van der Waals surface area contributed by atoms with Crippen LogP contribution in [0.2, 0.25) is 5.02 Å². The minimum Gasteiger partial charge on any atom is -0.444 e. The molecule has 1 aliphatic heterocycles. The summed E-state index contributed by atoms with van der Waals surface area (Å²) >= 11 is 6.03. The van der Waals surface area contributed by atoms with Gasteiger partial charge in [0.05, 0.1) is 12.7 Å². The first-order chi connectivity index (χ1) is 12.8. The van der Waals surface area contributed by atoms with Crippen molar-refractivity contribution in [3.63, 3.8) is 0 Å². The van der Waals surface area contributed by atoms with Crippen molar-refractivity contribution in [1.82, 2.24) is 4.90 Å². The number of nitrogens with zero attached hydrogens (tertiary/aromatic N) is 1. The molecule has 1 unspecified atom stereocenters. The lowest BCUT2D eigenvalue weighted by Crippen LogP contribution is -2.53. The van der Waals surface area contributed by atoms with Gasteiger partial charge in [-0.15, -0.1) is 0 Å². The lowest BCUT2D eigenvalue weighted by atomic mass is 9.89. The van der Waals surface area contributed by atoms with Crippen LogP contribution in [0.4, 0.5) is 4.79 Å². The van der Waals surface area contributed by atoms with Crippen LogP contribution in [0.5, 0.6) is 0 Å². The van der Waals surface area contributed by atoms with Crippen molar-refractivity contribution >= 4 is 17.7 Å². The zero-order valence-corrected chi connectivity index (χ0v) is 16.8. The zero-order chi connectivity index (χ0) is 19.4. The summed E-state index contributed by atoms with van der Waals surface area (Å²) in [5.41, 5.74) is 1.71. The highest BCUT2D eigenvalue weighted by atomic mass is 35.5. The van der Waals surface area contributed by atoms with E-state index in [-0.39, 0.29) is 18.1 Å². The van der Waals surface area contributed by atoms with Gasteiger partial charge in [0.2, 0.25) is 0 Å². The van der Waals surface area contributed by atoms with Crippen LogP contribution >= 0.6 is 11.6 Å². The molecule has 27 heavy (non-hydrogen) atoms. The van der Waals surface area contributed by atoms with E-state index in [1.54, 1.807) is 4.90 Å². The molecule has 1 amide bonds. The van der Waals surface area contributed by atoms with E-state index in [9.17, 15) is 4.79 Å². The predicted molar refractivity (Wildman–Crippen MR) is 107 cm³/mol. The highest BCUT2D eigenvalue weighted by molar-refractivity contribution is 6.30. The molecule has 1 saturated heterocycles. The van der Waals surface area contributed by atoms with Crippen molar-refractivity contribution in [3.05, 3.63) is 70.7 Å².